The van der Waals surface area contributed by atoms with Crippen LogP contribution in [0.5, 0.6) is 5.75 Å². The zero-order chi connectivity index (χ0) is 14.5. The van der Waals surface area contributed by atoms with Gasteiger partial charge in [0.2, 0.25) is 0 Å². The molecule has 2 aromatic rings. The molecule has 2 unspecified atom stereocenters. The minimum absolute atomic E-state index is 0.134. The number of nitrogens with one attached hydrogen (secondary N) is 1. The van der Waals surface area contributed by atoms with Crippen molar-refractivity contribution in [3.05, 3.63) is 65.5 Å². The maximum atomic E-state index is 12.9. The zero-order valence-corrected chi connectivity index (χ0v) is 11.8. The van der Waals surface area contributed by atoms with E-state index >= 15 is 0 Å². The fraction of sp³-hybridized carbons (Fsp3) is 0.294. The van der Waals surface area contributed by atoms with E-state index in [1.807, 2.05) is 12.1 Å². The van der Waals surface area contributed by atoms with Crippen molar-refractivity contribution in [1.82, 2.24) is 5.32 Å². The van der Waals surface area contributed by atoms with Gasteiger partial charge in [0.15, 0.2) is 0 Å². The van der Waals surface area contributed by atoms with E-state index in [9.17, 15) is 9.50 Å². The van der Waals surface area contributed by atoms with E-state index in [2.05, 4.69) is 19.2 Å². The number of aromatic hydroxyl groups is 1. The molecule has 0 amide bonds. The smallest absolute Gasteiger partial charge is 0.123 e. The molecule has 3 heteroatoms. The van der Waals surface area contributed by atoms with Crippen molar-refractivity contribution in [2.75, 3.05) is 0 Å². The van der Waals surface area contributed by atoms with Crippen molar-refractivity contribution in [2.24, 2.45) is 0 Å². The average Bonchev–Trinajstić information content (AvgIpc) is 2.46. The maximum absolute atomic E-state index is 12.9. The van der Waals surface area contributed by atoms with Gasteiger partial charge in [-0.05, 0) is 48.7 Å². The molecule has 106 valence electrons. The van der Waals surface area contributed by atoms with Gasteiger partial charge in [0.1, 0.15) is 11.6 Å². The fourth-order valence-corrected chi connectivity index (χ4v) is 2.31. The Morgan fingerprint density at radius 1 is 1.00 bits per heavy atom. The van der Waals surface area contributed by atoms with E-state index in [0.29, 0.717) is 0 Å². The minimum atomic E-state index is -0.216. The van der Waals surface area contributed by atoms with Crippen LogP contribution in [0.2, 0.25) is 0 Å². The van der Waals surface area contributed by atoms with Crippen LogP contribution in [0, 0.1) is 5.82 Å². The van der Waals surface area contributed by atoms with Gasteiger partial charge in [0.25, 0.3) is 0 Å². The van der Waals surface area contributed by atoms with Crippen LogP contribution in [0.4, 0.5) is 4.39 Å². The summed E-state index contributed by atoms with van der Waals surface area (Å²) in [4.78, 5) is 0. The Labute approximate surface area is 119 Å². The molecule has 2 N–H and O–H groups in total. The third kappa shape index (κ3) is 3.58. The highest BCUT2D eigenvalue weighted by Crippen LogP contribution is 2.23. The molecule has 2 atom stereocenters. The highest BCUT2D eigenvalue weighted by atomic mass is 19.1. The average molecular weight is 273 g/mol. The van der Waals surface area contributed by atoms with E-state index < -0.39 is 0 Å². The molecule has 2 nitrogen and oxygen atoms in total. The minimum Gasteiger partial charge on any atom is -0.508 e. The maximum Gasteiger partial charge on any atom is 0.123 e. The largest absolute Gasteiger partial charge is 0.508 e. The highest BCUT2D eigenvalue weighted by molar-refractivity contribution is 5.28. The normalized spacial score (nSPS) is 13.9. The Balaban J connectivity index is 2.09. The van der Waals surface area contributed by atoms with Crippen LogP contribution >= 0.6 is 0 Å². The first-order valence-electron chi connectivity index (χ1n) is 6.90. The van der Waals surface area contributed by atoms with Crippen molar-refractivity contribution in [1.29, 1.82) is 0 Å². The number of hydrogen-bond donors (Lipinski definition) is 2. The molecular weight excluding hydrogens is 253 g/mol. The fourth-order valence-electron chi connectivity index (χ4n) is 2.31. The van der Waals surface area contributed by atoms with Gasteiger partial charge in [-0.2, -0.15) is 0 Å². The summed E-state index contributed by atoms with van der Waals surface area (Å²) < 4.78 is 12.9. The molecular formula is C17H20FNO. The van der Waals surface area contributed by atoms with Crippen molar-refractivity contribution in [2.45, 2.75) is 32.4 Å². The monoisotopic (exact) mass is 273 g/mol. The molecule has 0 fully saturated rings. The Hall–Kier alpha value is -1.87. The van der Waals surface area contributed by atoms with Gasteiger partial charge in [-0.1, -0.05) is 31.2 Å². The summed E-state index contributed by atoms with van der Waals surface area (Å²) in [6.45, 7) is 4.18. The molecule has 2 rings (SSSR count). The summed E-state index contributed by atoms with van der Waals surface area (Å²) in [5.41, 5.74) is 2.20. The number of hydrogen-bond acceptors (Lipinski definition) is 2. The lowest BCUT2D eigenvalue weighted by Gasteiger charge is -2.23. The molecule has 0 bridgehead atoms. The lowest BCUT2D eigenvalue weighted by molar-refractivity contribution is 0.452. The summed E-state index contributed by atoms with van der Waals surface area (Å²) in [6, 6.07) is 14.1. The third-order valence-corrected chi connectivity index (χ3v) is 3.52. The van der Waals surface area contributed by atoms with Crippen molar-refractivity contribution in [3.8, 4) is 5.75 Å². The number of halogens is 1. The predicted molar refractivity (Wildman–Crippen MR) is 79.1 cm³/mol. The Kier molecular flexibility index (Phi) is 4.74. The second kappa shape index (κ2) is 6.53. The summed E-state index contributed by atoms with van der Waals surface area (Å²) in [7, 11) is 0. The van der Waals surface area contributed by atoms with Gasteiger partial charge < -0.3 is 10.4 Å². The van der Waals surface area contributed by atoms with Gasteiger partial charge in [-0.3, -0.25) is 0 Å². The lowest BCUT2D eigenvalue weighted by Crippen LogP contribution is -2.24. The second-order valence-corrected chi connectivity index (χ2v) is 4.99. The van der Waals surface area contributed by atoms with Gasteiger partial charge in [-0.25, -0.2) is 4.39 Å². The van der Waals surface area contributed by atoms with Gasteiger partial charge >= 0.3 is 0 Å². The first-order chi connectivity index (χ1) is 9.60. The van der Waals surface area contributed by atoms with Crippen LogP contribution < -0.4 is 5.32 Å². The van der Waals surface area contributed by atoms with Crippen LogP contribution in [0.3, 0.4) is 0 Å². The molecule has 0 aliphatic carbocycles. The SMILES string of the molecule is CCC(NC(C)c1ccc(F)cc1)c1ccc(O)cc1. The Bertz CT molecular complexity index is 536. The zero-order valence-electron chi connectivity index (χ0n) is 11.8. The first kappa shape index (κ1) is 14.5. The molecule has 0 spiro atoms. The van der Waals surface area contributed by atoms with Crippen molar-refractivity contribution in [3.63, 3.8) is 0 Å². The van der Waals surface area contributed by atoms with Gasteiger partial charge in [0, 0.05) is 12.1 Å². The number of benzene rings is 2. The number of phenols is 1. The molecule has 2 aromatic carbocycles. The van der Waals surface area contributed by atoms with E-state index in [-0.39, 0.29) is 23.7 Å². The topological polar surface area (TPSA) is 32.3 Å². The van der Waals surface area contributed by atoms with Gasteiger partial charge in [0.05, 0.1) is 0 Å². The summed E-state index contributed by atoms with van der Waals surface area (Å²) in [6.07, 6.45) is 0.941. The van der Waals surface area contributed by atoms with Crippen molar-refractivity contribution < 1.29 is 9.50 Å². The third-order valence-electron chi connectivity index (χ3n) is 3.52. The van der Waals surface area contributed by atoms with Crippen LogP contribution in [0.25, 0.3) is 0 Å². The Morgan fingerprint density at radius 2 is 1.55 bits per heavy atom. The molecule has 0 aliphatic heterocycles. The summed E-state index contributed by atoms with van der Waals surface area (Å²) >= 11 is 0. The van der Waals surface area contributed by atoms with Crippen LogP contribution in [0.15, 0.2) is 48.5 Å². The van der Waals surface area contributed by atoms with E-state index in [1.165, 1.54) is 12.1 Å². The van der Waals surface area contributed by atoms with E-state index in [0.717, 1.165) is 17.5 Å². The van der Waals surface area contributed by atoms with Gasteiger partial charge in [-0.15, -0.1) is 0 Å². The molecule has 0 saturated heterocycles. The molecule has 0 saturated carbocycles. The second-order valence-electron chi connectivity index (χ2n) is 4.99. The number of phenolic OH excluding ortho intramolecular Hbond substituents is 1. The standard InChI is InChI=1S/C17H20FNO/c1-3-17(14-6-10-16(20)11-7-14)19-12(2)13-4-8-15(18)9-5-13/h4-12,17,19-20H,3H2,1-2H3. The summed E-state index contributed by atoms with van der Waals surface area (Å²) in [5, 5.41) is 12.9. The Morgan fingerprint density at radius 3 is 2.10 bits per heavy atom. The summed E-state index contributed by atoms with van der Waals surface area (Å²) in [5.74, 6) is 0.0571. The molecule has 20 heavy (non-hydrogen) atoms. The molecule has 0 aromatic heterocycles. The quantitative estimate of drug-likeness (QED) is 0.849. The molecule has 0 radical (unpaired) electrons. The van der Waals surface area contributed by atoms with Crippen molar-refractivity contribution >= 4 is 0 Å². The van der Waals surface area contributed by atoms with E-state index in [4.69, 9.17) is 0 Å². The predicted octanol–water partition coefficient (Wildman–Crippen LogP) is 4.33. The lowest BCUT2D eigenvalue weighted by atomic mass is 10.0. The first-order valence-corrected chi connectivity index (χ1v) is 6.90. The van der Waals surface area contributed by atoms with E-state index in [1.54, 1.807) is 24.3 Å². The highest BCUT2D eigenvalue weighted by Gasteiger charge is 2.13. The molecule has 0 aliphatic rings. The molecule has 0 heterocycles. The van der Waals surface area contributed by atoms with Crippen LogP contribution in [-0.2, 0) is 0 Å². The van der Waals surface area contributed by atoms with Crippen LogP contribution in [-0.4, -0.2) is 5.11 Å². The number of rotatable bonds is 5. The van der Waals surface area contributed by atoms with Crippen LogP contribution in [0.1, 0.15) is 43.5 Å².